The van der Waals surface area contributed by atoms with Gasteiger partial charge in [0.15, 0.2) is 0 Å². The van der Waals surface area contributed by atoms with Gasteiger partial charge in [-0.25, -0.2) is 4.98 Å². The Hall–Kier alpha value is -3.82. The molecule has 0 aliphatic carbocycles. The van der Waals surface area contributed by atoms with Crippen LogP contribution in [-0.4, -0.2) is 34.0 Å². The molecule has 7 nitrogen and oxygen atoms in total. The van der Waals surface area contributed by atoms with Crippen LogP contribution in [0.15, 0.2) is 48.5 Å². The number of hydrogen-bond donors (Lipinski definition) is 3. The van der Waals surface area contributed by atoms with Crippen molar-refractivity contribution in [2.24, 2.45) is 0 Å². The maximum Gasteiger partial charge on any atom is 0.573 e. The molecule has 3 aromatic rings. The number of carboxylic acids is 1. The predicted molar refractivity (Wildman–Crippen MR) is 109 cm³/mol. The van der Waals surface area contributed by atoms with Gasteiger partial charge in [0.2, 0.25) is 5.95 Å². The van der Waals surface area contributed by atoms with Crippen LogP contribution in [0.2, 0.25) is 0 Å². The third-order valence-electron chi connectivity index (χ3n) is 4.22. The first-order chi connectivity index (χ1) is 14.6. The fraction of sp³-hybridized carbons (Fsp3) is 0.190. The zero-order valence-electron chi connectivity index (χ0n) is 16.6. The maximum atomic E-state index is 12.6. The van der Waals surface area contributed by atoms with Gasteiger partial charge in [0.25, 0.3) is 0 Å². The number of nitrogens with zero attached hydrogens (tertiary/aromatic N) is 2. The van der Waals surface area contributed by atoms with Crippen molar-refractivity contribution in [1.82, 2.24) is 9.97 Å². The molecule has 0 aliphatic rings. The molecule has 3 rings (SSSR count). The van der Waals surface area contributed by atoms with Crippen molar-refractivity contribution in [3.63, 3.8) is 0 Å². The first-order valence-electron chi connectivity index (χ1n) is 9.15. The van der Waals surface area contributed by atoms with E-state index in [1.807, 2.05) is 32.0 Å². The molecule has 3 N–H and O–H groups in total. The van der Waals surface area contributed by atoms with E-state index in [0.717, 1.165) is 16.8 Å². The first kappa shape index (κ1) is 21.9. The Balaban J connectivity index is 2.01. The monoisotopic (exact) mass is 432 g/mol. The molecule has 31 heavy (non-hydrogen) atoms. The number of aromatic nitrogens is 2. The number of aliphatic carboxylic acids is 1. The Bertz CT molecular complexity index is 1080. The Morgan fingerprint density at radius 2 is 1.74 bits per heavy atom. The number of ether oxygens (including phenoxy) is 1. The summed E-state index contributed by atoms with van der Waals surface area (Å²) in [5.74, 6) is -1.15. The number of anilines is 3. The van der Waals surface area contributed by atoms with Crippen molar-refractivity contribution < 1.29 is 27.8 Å². The Morgan fingerprint density at radius 3 is 2.39 bits per heavy atom. The second-order valence-corrected chi connectivity index (χ2v) is 6.68. The summed E-state index contributed by atoms with van der Waals surface area (Å²) in [6.07, 6.45) is -4.83. The van der Waals surface area contributed by atoms with Crippen LogP contribution in [0.25, 0.3) is 11.3 Å². The summed E-state index contributed by atoms with van der Waals surface area (Å²) in [4.78, 5) is 19.4. The molecule has 0 aliphatic heterocycles. The molecule has 0 spiro atoms. The van der Waals surface area contributed by atoms with Crippen LogP contribution in [-0.2, 0) is 4.79 Å². The summed E-state index contributed by atoms with van der Waals surface area (Å²) >= 11 is 0. The standard InChI is InChI=1S/C21H19F3N4O3/c1-12-5-3-6-13(2)19(12)27-17-10-16(26-20(28-17)25-11-18(29)30)14-7-4-8-15(9-14)31-21(22,23)24/h3-10H,11H2,1-2H3,(H,29,30)(H2,25,26,27,28). The molecular weight excluding hydrogens is 413 g/mol. The summed E-state index contributed by atoms with van der Waals surface area (Å²) < 4.78 is 41.7. The van der Waals surface area contributed by atoms with Gasteiger partial charge in [-0.15, -0.1) is 13.2 Å². The van der Waals surface area contributed by atoms with Gasteiger partial charge in [-0.05, 0) is 37.1 Å². The molecule has 0 saturated heterocycles. The van der Waals surface area contributed by atoms with Gasteiger partial charge in [0.1, 0.15) is 18.1 Å². The van der Waals surface area contributed by atoms with E-state index in [0.29, 0.717) is 11.4 Å². The number of alkyl halides is 3. The fourth-order valence-electron chi connectivity index (χ4n) is 2.89. The summed E-state index contributed by atoms with van der Waals surface area (Å²) in [5, 5.41) is 14.7. The molecule has 0 bridgehead atoms. The third kappa shape index (κ3) is 6.08. The number of carbonyl (C=O) groups is 1. The topological polar surface area (TPSA) is 96.4 Å². The molecular formula is C21H19F3N4O3. The minimum absolute atomic E-state index is 0.00998. The van der Waals surface area contributed by atoms with E-state index in [-0.39, 0.29) is 11.6 Å². The Morgan fingerprint density at radius 1 is 1.06 bits per heavy atom. The third-order valence-corrected chi connectivity index (χ3v) is 4.22. The highest BCUT2D eigenvalue weighted by atomic mass is 19.4. The van der Waals surface area contributed by atoms with Crippen LogP contribution >= 0.6 is 0 Å². The van der Waals surface area contributed by atoms with Crippen molar-refractivity contribution >= 4 is 23.4 Å². The first-order valence-corrected chi connectivity index (χ1v) is 9.15. The van der Waals surface area contributed by atoms with Crippen LogP contribution < -0.4 is 15.4 Å². The molecule has 0 amide bonds. The molecule has 1 heterocycles. The lowest BCUT2D eigenvalue weighted by molar-refractivity contribution is -0.274. The Kier molecular flexibility index (Phi) is 6.28. The zero-order chi connectivity index (χ0) is 22.6. The van der Waals surface area contributed by atoms with Crippen LogP contribution in [0.1, 0.15) is 11.1 Å². The second kappa shape index (κ2) is 8.90. The van der Waals surface area contributed by atoms with Crippen molar-refractivity contribution in [3.8, 4) is 17.0 Å². The van der Waals surface area contributed by atoms with E-state index >= 15 is 0 Å². The molecule has 0 radical (unpaired) electrons. The number of rotatable bonds is 7. The minimum Gasteiger partial charge on any atom is -0.480 e. The number of benzene rings is 2. The minimum atomic E-state index is -4.83. The number of carboxylic acid groups (broad SMARTS) is 1. The summed E-state index contributed by atoms with van der Waals surface area (Å²) in [5.41, 5.74) is 3.35. The molecule has 0 atom stereocenters. The normalized spacial score (nSPS) is 11.1. The van der Waals surface area contributed by atoms with Gasteiger partial charge in [-0.3, -0.25) is 4.79 Å². The van der Waals surface area contributed by atoms with Crippen LogP contribution in [0.4, 0.5) is 30.6 Å². The molecule has 0 unspecified atom stereocenters. The predicted octanol–water partition coefficient (Wildman–Crippen LogP) is 4.90. The van der Waals surface area contributed by atoms with E-state index in [1.54, 1.807) is 12.1 Å². The molecule has 1 aromatic heterocycles. The lowest BCUT2D eigenvalue weighted by atomic mass is 10.1. The number of para-hydroxylation sites is 1. The number of nitrogens with one attached hydrogen (secondary N) is 2. The Labute approximate surface area is 175 Å². The number of hydrogen-bond acceptors (Lipinski definition) is 6. The highest BCUT2D eigenvalue weighted by molar-refractivity contribution is 5.74. The van der Waals surface area contributed by atoms with E-state index in [9.17, 15) is 18.0 Å². The highest BCUT2D eigenvalue weighted by Crippen LogP contribution is 2.30. The van der Waals surface area contributed by atoms with E-state index in [2.05, 4.69) is 25.3 Å². The molecule has 0 saturated carbocycles. The van der Waals surface area contributed by atoms with Crippen LogP contribution in [0.5, 0.6) is 5.75 Å². The van der Waals surface area contributed by atoms with E-state index in [4.69, 9.17) is 5.11 Å². The molecule has 2 aromatic carbocycles. The summed E-state index contributed by atoms with van der Waals surface area (Å²) in [6, 6.07) is 12.6. The van der Waals surface area contributed by atoms with Crippen molar-refractivity contribution in [1.29, 1.82) is 0 Å². The lowest BCUT2D eigenvalue weighted by Gasteiger charge is -2.15. The highest BCUT2D eigenvalue weighted by Gasteiger charge is 2.31. The van der Waals surface area contributed by atoms with E-state index in [1.165, 1.54) is 18.2 Å². The molecule has 0 fully saturated rings. The average molecular weight is 432 g/mol. The van der Waals surface area contributed by atoms with Gasteiger partial charge in [-0.2, -0.15) is 4.98 Å². The van der Waals surface area contributed by atoms with Crippen LogP contribution in [0.3, 0.4) is 0 Å². The molecule has 162 valence electrons. The summed E-state index contributed by atoms with van der Waals surface area (Å²) in [6.45, 7) is 3.40. The maximum absolute atomic E-state index is 12.6. The van der Waals surface area contributed by atoms with Gasteiger partial charge in [-0.1, -0.05) is 30.3 Å². The van der Waals surface area contributed by atoms with Crippen molar-refractivity contribution in [2.75, 3.05) is 17.2 Å². The number of halogens is 3. The van der Waals surface area contributed by atoms with E-state index < -0.39 is 24.6 Å². The molecule has 10 heteroatoms. The quantitative estimate of drug-likeness (QED) is 0.489. The van der Waals surface area contributed by atoms with Crippen molar-refractivity contribution in [3.05, 3.63) is 59.7 Å². The summed E-state index contributed by atoms with van der Waals surface area (Å²) in [7, 11) is 0. The fourth-order valence-corrected chi connectivity index (χ4v) is 2.89. The second-order valence-electron chi connectivity index (χ2n) is 6.68. The zero-order valence-corrected chi connectivity index (χ0v) is 16.6. The van der Waals surface area contributed by atoms with Gasteiger partial charge < -0.3 is 20.5 Å². The van der Waals surface area contributed by atoms with Gasteiger partial charge in [0.05, 0.1) is 5.69 Å². The average Bonchev–Trinajstić information content (AvgIpc) is 2.68. The van der Waals surface area contributed by atoms with Gasteiger partial charge >= 0.3 is 12.3 Å². The smallest absolute Gasteiger partial charge is 0.480 e. The van der Waals surface area contributed by atoms with Crippen LogP contribution in [0, 0.1) is 13.8 Å². The SMILES string of the molecule is Cc1cccc(C)c1Nc1cc(-c2cccc(OC(F)(F)F)c2)nc(NCC(=O)O)n1. The largest absolute Gasteiger partial charge is 0.573 e. The van der Waals surface area contributed by atoms with Gasteiger partial charge in [0, 0.05) is 17.3 Å². The number of aryl methyl sites for hydroxylation is 2. The lowest BCUT2D eigenvalue weighted by Crippen LogP contribution is -2.17. The van der Waals surface area contributed by atoms with Crippen molar-refractivity contribution in [2.45, 2.75) is 20.2 Å².